The zero-order chi connectivity index (χ0) is 18.6. The van der Waals surface area contributed by atoms with E-state index in [0.717, 1.165) is 25.7 Å². The highest BCUT2D eigenvalue weighted by molar-refractivity contribution is 7.89. The molecule has 26 heavy (non-hydrogen) atoms. The van der Waals surface area contributed by atoms with E-state index in [0.29, 0.717) is 25.1 Å². The van der Waals surface area contributed by atoms with Gasteiger partial charge in [-0.15, -0.1) is 0 Å². The smallest absolute Gasteiger partial charge is 0.309 e. The molecule has 7 heteroatoms. The number of rotatable bonds is 6. The number of ketones is 1. The van der Waals surface area contributed by atoms with E-state index in [2.05, 4.69) is 0 Å². The normalized spacial score (nSPS) is 20.8. The fraction of sp³-hybridized carbons (Fsp3) is 0.474. The van der Waals surface area contributed by atoms with Gasteiger partial charge in [-0.2, -0.15) is 4.31 Å². The second-order valence-corrected chi connectivity index (χ2v) is 8.59. The zero-order valence-corrected chi connectivity index (χ0v) is 15.4. The molecule has 1 aliphatic carbocycles. The van der Waals surface area contributed by atoms with E-state index >= 15 is 0 Å². The van der Waals surface area contributed by atoms with Crippen LogP contribution in [0, 0.1) is 5.92 Å². The highest BCUT2D eigenvalue weighted by Gasteiger charge is 2.27. The molecule has 1 aromatic rings. The molecule has 1 aromatic carbocycles. The van der Waals surface area contributed by atoms with Crippen LogP contribution < -0.4 is 0 Å². The summed E-state index contributed by atoms with van der Waals surface area (Å²) in [6.45, 7) is 0.752. The largest absolute Gasteiger partial charge is 0.457 e. The number of hydrogen-bond donors (Lipinski definition) is 0. The van der Waals surface area contributed by atoms with E-state index in [1.165, 1.54) is 28.6 Å². The van der Waals surface area contributed by atoms with Gasteiger partial charge in [0.2, 0.25) is 10.0 Å². The first-order valence-corrected chi connectivity index (χ1v) is 10.4. The van der Waals surface area contributed by atoms with Crippen LogP contribution >= 0.6 is 0 Å². The quantitative estimate of drug-likeness (QED) is 0.432. The molecule has 1 saturated heterocycles. The van der Waals surface area contributed by atoms with Crippen LogP contribution in [-0.2, 0) is 19.6 Å². The lowest BCUT2D eigenvalue weighted by atomic mass is 9.95. The third-order valence-electron chi connectivity index (χ3n) is 4.83. The van der Waals surface area contributed by atoms with Gasteiger partial charge in [-0.1, -0.05) is 12.2 Å². The predicted octanol–water partition coefficient (Wildman–Crippen LogP) is 2.55. The molecule has 6 nitrogen and oxygen atoms in total. The number of allylic oxidation sites excluding steroid dienone is 2. The molecule has 0 amide bonds. The summed E-state index contributed by atoms with van der Waals surface area (Å²) in [6.07, 6.45) is 7.97. The van der Waals surface area contributed by atoms with Crippen molar-refractivity contribution >= 4 is 21.8 Å². The Hall–Kier alpha value is -1.99. The van der Waals surface area contributed by atoms with Crippen molar-refractivity contribution in [3.8, 4) is 0 Å². The van der Waals surface area contributed by atoms with Gasteiger partial charge in [0, 0.05) is 18.7 Å². The summed E-state index contributed by atoms with van der Waals surface area (Å²) in [4.78, 5) is 24.4. The number of sulfonamides is 1. The Morgan fingerprint density at radius 3 is 2.38 bits per heavy atom. The van der Waals surface area contributed by atoms with Crippen LogP contribution in [0.2, 0.25) is 0 Å². The Morgan fingerprint density at radius 2 is 1.77 bits per heavy atom. The number of hydrogen-bond acceptors (Lipinski definition) is 5. The van der Waals surface area contributed by atoms with Crippen molar-refractivity contribution in [3.63, 3.8) is 0 Å². The Balaban J connectivity index is 1.58. The van der Waals surface area contributed by atoms with Crippen LogP contribution in [0.3, 0.4) is 0 Å². The van der Waals surface area contributed by atoms with Gasteiger partial charge >= 0.3 is 5.97 Å². The van der Waals surface area contributed by atoms with E-state index < -0.39 is 10.0 Å². The Morgan fingerprint density at radius 1 is 1.08 bits per heavy atom. The van der Waals surface area contributed by atoms with Gasteiger partial charge in [0.15, 0.2) is 12.4 Å². The van der Waals surface area contributed by atoms with Crippen molar-refractivity contribution in [1.29, 1.82) is 0 Å². The average Bonchev–Trinajstić information content (AvgIpc) is 3.22. The topological polar surface area (TPSA) is 80.8 Å². The summed E-state index contributed by atoms with van der Waals surface area (Å²) < 4.78 is 31.5. The van der Waals surface area contributed by atoms with E-state index in [1.54, 1.807) is 0 Å². The molecule has 1 aliphatic heterocycles. The summed E-state index contributed by atoms with van der Waals surface area (Å²) in [5, 5.41) is 0. The number of carbonyl (C=O) groups is 2. The number of carbonyl (C=O) groups excluding carboxylic acids is 2. The molecule has 1 unspecified atom stereocenters. The monoisotopic (exact) mass is 377 g/mol. The SMILES string of the molecule is O=C(COC(=O)C1CC=CCC1)c1ccc(S(=O)(=O)N2CCCC2)cc1. The molecule has 1 heterocycles. The van der Waals surface area contributed by atoms with Crippen LogP contribution in [0.15, 0.2) is 41.3 Å². The van der Waals surface area contributed by atoms with Crippen LogP contribution in [0.4, 0.5) is 0 Å². The summed E-state index contributed by atoms with van der Waals surface area (Å²) in [5.41, 5.74) is 0.335. The van der Waals surface area contributed by atoms with Crippen LogP contribution in [0.1, 0.15) is 42.5 Å². The van der Waals surface area contributed by atoms with Crippen molar-refractivity contribution in [2.45, 2.75) is 37.0 Å². The second kappa shape index (κ2) is 8.14. The van der Waals surface area contributed by atoms with Crippen molar-refractivity contribution in [2.24, 2.45) is 5.92 Å². The van der Waals surface area contributed by atoms with Crippen molar-refractivity contribution in [3.05, 3.63) is 42.0 Å². The highest BCUT2D eigenvalue weighted by atomic mass is 32.2. The average molecular weight is 377 g/mol. The molecule has 0 bridgehead atoms. The first kappa shape index (κ1) is 18.8. The molecule has 0 N–H and O–H groups in total. The molecule has 0 spiro atoms. The second-order valence-electron chi connectivity index (χ2n) is 6.65. The van der Waals surface area contributed by atoms with Crippen LogP contribution in [0.25, 0.3) is 0 Å². The molecule has 0 radical (unpaired) electrons. The molecule has 3 rings (SSSR count). The number of benzene rings is 1. The van der Waals surface area contributed by atoms with Gasteiger partial charge < -0.3 is 4.74 Å². The highest BCUT2D eigenvalue weighted by Crippen LogP contribution is 2.22. The molecular formula is C19H23NO5S. The van der Waals surface area contributed by atoms with E-state index in [4.69, 9.17) is 4.74 Å². The minimum absolute atomic E-state index is 0.180. The van der Waals surface area contributed by atoms with Gasteiger partial charge in [-0.3, -0.25) is 9.59 Å². The zero-order valence-electron chi connectivity index (χ0n) is 14.6. The standard InChI is InChI=1S/C19H23NO5S/c21-18(14-25-19(22)16-6-2-1-3-7-16)15-8-10-17(11-9-15)26(23,24)20-12-4-5-13-20/h1-2,8-11,16H,3-7,12-14H2. The van der Waals surface area contributed by atoms with E-state index in [9.17, 15) is 18.0 Å². The van der Waals surface area contributed by atoms with Crippen LogP contribution in [0.5, 0.6) is 0 Å². The Bertz CT molecular complexity index is 792. The summed E-state index contributed by atoms with van der Waals surface area (Å²) in [6, 6.07) is 5.83. The van der Waals surface area contributed by atoms with Crippen molar-refractivity contribution < 1.29 is 22.7 Å². The number of esters is 1. The maximum Gasteiger partial charge on any atom is 0.309 e. The molecule has 1 atom stereocenters. The lowest BCUT2D eigenvalue weighted by Crippen LogP contribution is -2.27. The lowest BCUT2D eigenvalue weighted by molar-refractivity contribution is -0.147. The van der Waals surface area contributed by atoms with Gasteiger partial charge in [0.1, 0.15) is 0 Å². The molecule has 1 fully saturated rings. The minimum Gasteiger partial charge on any atom is -0.457 e. The lowest BCUT2D eigenvalue weighted by Gasteiger charge is -2.16. The number of ether oxygens (including phenoxy) is 1. The molecule has 140 valence electrons. The van der Waals surface area contributed by atoms with Crippen molar-refractivity contribution in [2.75, 3.05) is 19.7 Å². The van der Waals surface area contributed by atoms with E-state index in [1.807, 2.05) is 12.2 Å². The maximum atomic E-state index is 12.5. The third kappa shape index (κ3) is 4.22. The molecule has 2 aliphatic rings. The summed E-state index contributed by atoms with van der Waals surface area (Å²) in [5.74, 6) is -0.869. The summed E-state index contributed by atoms with van der Waals surface area (Å²) in [7, 11) is -3.49. The Kier molecular flexibility index (Phi) is 5.88. The first-order chi connectivity index (χ1) is 12.5. The first-order valence-electron chi connectivity index (χ1n) is 8.93. The minimum atomic E-state index is -3.49. The van der Waals surface area contributed by atoms with Gasteiger partial charge in [-0.25, -0.2) is 8.42 Å². The fourth-order valence-corrected chi connectivity index (χ4v) is 4.75. The molecular weight excluding hydrogens is 354 g/mol. The fourth-order valence-electron chi connectivity index (χ4n) is 3.24. The van der Waals surface area contributed by atoms with Crippen molar-refractivity contribution in [1.82, 2.24) is 4.31 Å². The maximum absolute atomic E-state index is 12.5. The third-order valence-corrected chi connectivity index (χ3v) is 6.74. The van der Waals surface area contributed by atoms with Gasteiger partial charge in [0.05, 0.1) is 10.8 Å². The Labute approximate surface area is 153 Å². The predicted molar refractivity (Wildman–Crippen MR) is 96.2 cm³/mol. The molecule has 0 aromatic heterocycles. The van der Waals surface area contributed by atoms with E-state index in [-0.39, 0.29) is 29.2 Å². The number of nitrogens with zero attached hydrogens (tertiary/aromatic N) is 1. The van der Waals surface area contributed by atoms with Crippen LogP contribution in [-0.4, -0.2) is 44.2 Å². The number of Topliss-reactive ketones (excluding diaryl/α,β-unsaturated/α-hetero) is 1. The van der Waals surface area contributed by atoms with Gasteiger partial charge in [0.25, 0.3) is 0 Å². The molecule has 0 saturated carbocycles. The van der Waals surface area contributed by atoms with Gasteiger partial charge in [-0.05, 0) is 56.4 Å². The summed E-state index contributed by atoms with van der Waals surface area (Å²) >= 11 is 0.